The quantitative estimate of drug-likeness (QED) is 0.720. The number of carboxylic acid groups (broad SMARTS) is 1. The van der Waals surface area contributed by atoms with E-state index in [2.05, 4.69) is 5.32 Å². The molecule has 2 N–H and O–H groups in total. The Hall–Kier alpha value is -3.10. The molecule has 0 radical (unpaired) electrons. The number of carbonyl (C=O) groups is 4. The Morgan fingerprint density at radius 3 is 1.93 bits per heavy atom. The number of methoxy groups -OCH3 is 2. The Bertz CT molecular complexity index is 762. The van der Waals surface area contributed by atoms with Gasteiger partial charge >= 0.3 is 23.9 Å². The van der Waals surface area contributed by atoms with E-state index < -0.39 is 41.8 Å². The first kappa shape index (κ1) is 19.7. The monoisotopic (exact) mass is 390 g/mol. The number of fused-ring (bicyclic) bond motifs is 2. The van der Waals surface area contributed by atoms with E-state index in [1.165, 1.54) is 26.4 Å². The zero-order valence-electron chi connectivity index (χ0n) is 15.6. The highest BCUT2D eigenvalue weighted by Crippen LogP contribution is 2.46. The van der Waals surface area contributed by atoms with Crippen LogP contribution < -0.4 is 5.32 Å². The number of esters is 2. The number of benzene rings is 1. The summed E-state index contributed by atoms with van der Waals surface area (Å²) in [5, 5.41) is 11.7. The Balaban J connectivity index is 1.72. The van der Waals surface area contributed by atoms with Crippen LogP contribution in [0, 0.1) is 11.8 Å². The highest BCUT2D eigenvalue weighted by atomic mass is 16.5. The van der Waals surface area contributed by atoms with Crippen LogP contribution in [0.5, 0.6) is 0 Å². The molecule has 28 heavy (non-hydrogen) atoms. The molecule has 0 spiro atoms. The van der Waals surface area contributed by atoms with Crippen molar-refractivity contribution >= 4 is 23.9 Å². The van der Waals surface area contributed by atoms with E-state index in [0.29, 0.717) is 12.8 Å². The highest BCUT2D eigenvalue weighted by Gasteiger charge is 2.61. The first-order chi connectivity index (χ1) is 13.4. The normalized spacial score (nSPS) is 25.3. The number of hydrogen-bond donors (Lipinski definition) is 2. The van der Waals surface area contributed by atoms with Crippen molar-refractivity contribution in [3.63, 3.8) is 0 Å². The SMILES string of the molecule is COC(=O)C1C(C(=O)OC)C2CCC1N2C(=O)NCc1ccc(C(=O)O)cc1. The molecule has 2 saturated heterocycles. The number of nitrogens with zero attached hydrogens (tertiary/aromatic N) is 1. The minimum atomic E-state index is -1.02. The minimum absolute atomic E-state index is 0.162. The Kier molecular flexibility index (Phi) is 5.53. The maximum Gasteiger partial charge on any atom is 0.335 e. The highest BCUT2D eigenvalue weighted by molar-refractivity contribution is 5.88. The van der Waals surface area contributed by atoms with Gasteiger partial charge in [0.25, 0.3) is 0 Å². The average molecular weight is 390 g/mol. The molecule has 2 aliphatic rings. The zero-order valence-corrected chi connectivity index (χ0v) is 15.6. The van der Waals surface area contributed by atoms with Crippen LogP contribution >= 0.6 is 0 Å². The largest absolute Gasteiger partial charge is 0.478 e. The predicted molar refractivity (Wildman–Crippen MR) is 95.3 cm³/mol. The van der Waals surface area contributed by atoms with E-state index in [1.54, 1.807) is 17.0 Å². The number of rotatable bonds is 5. The first-order valence-corrected chi connectivity index (χ1v) is 8.93. The van der Waals surface area contributed by atoms with E-state index in [0.717, 1.165) is 5.56 Å². The molecule has 0 saturated carbocycles. The molecule has 2 bridgehead atoms. The van der Waals surface area contributed by atoms with Crippen LogP contribution in [0.15, 0.2) is 24.3 Å². The van der Waals surface area contributed by atoms with Crippen LogP contribution in [-0.2, 0) is 25.6 Å². The fourth-order valence-electron chi connectivity index (χ4n) is 4.26. The zero-order chi connectivity index (χ0) is 20.4. The number of urea groups is 1. The first-order valence-electron chi connectivity index (χ1n) is 8.93. The van der Waals surface area contributed by atoms with Gasteiger partial charge in [0, 0.05) is 18.6 Å². The van der Waals surface area contributed by atoms with Crippen molar-refractivity contribution in [2.75, 3.05) is 14.2 Å². The average Bonchev–Trinajstić information content (AvgIpc) is 3.27. The van der Waals surface area contributed by atoms with Crippen molar-refractivity contribution in [1.29, 1.82) is 0 Å². The topological polar surface area (TPSA) is 122 Å². The molecule has 9 heteroatoms. The molecule has 9 nitrogen and oxygen atoms in total. The van der Waals surface area contributed by atoms with Crippen molar-refractivity contribution in [2.24, 2.45) is 11.8 Å². The van der Waals surface area contributed by atoms with Gasteiger partial charge in [-0.25, -0.2) is 9.59 Å². The van der Waals surface area contributed by atoms with Crippen LogP contribution in [-0.4, -0.2) is 60.2 Å². The van der Waals surface area contributed by atoms with Crippen molar-refractivity contribution in [2.45, 2.75) is 31.5 Å². The summed E-state index contributed by atoms with van der Waals surface area (Å²) < 4.78 is 9.69. The summed E-state index contributed by atoms with van der Waals surface area (Å²) in [7, 11) is 2.52. The number of amides is 2. The number of carboxylic acids is 1. The van der Waals surface area contributed by atoms with Crippen molar-refractivity contribution < 1.29 is 33.8 Å². The van der Waals surface area contributed by atoms with Gasteiger partial charge in [-0.15, -0.1) is 0 Å². The van der Waals surface area contributed by atoms with E-state index in [1.807, 2.05) is 0 Å². The van der Waals surface area contributed by atoms with Crippen LogP contribution in [0.25, 0.3) is 0 Å². The Labute approximate surface area is 161 Å². The number of nitrogens with one attached hydrogen (secondary N) is 1. The third-order valence-corrected chi connectivity index (χ3v) is 5.51. The lowest BCUT2D eigenvalue weighted by Gasteiger charge is -2.24. The molecule has 4 unspecified atom stereocenters. The lowest BCUT2D eigenvalue weighted by atomic mass is 9.79. The molecule has 1 aromatic carbocycles. The van der Waals surface area contributed by atoms with Gasteiger partial charge in [0.05, 0.1) is 31.6 Å². The third-order valence-electron chi connectivity index (χ3n) is 5.51. The summed E-state index contributed by atoms with van der Waals surface area (Å²) in [6, 6.07) is 4.95. The van der Waals surface area contributed by atoms with Gasteiger partial charge in [0.2, 0.25) is 0 Å². The smallest absolute Gasteiger partial charge is 0.335 e. The van der Waals surface area contributed by atoms with Crippen molar-refractivity contribution in [3.05, 3.63) is 35.4 Å². The summed E-state index contributed by atoms with van der Waals surface area (Å²) in [4.78, 5) is 49.7. The second kappa shape index (κ2) is 7.87. The van der Waals surface area contributed by atoms with E-state index in [-0.39, 0.29) is 18.1 Å². The number of hydrogen-bond acceptors (Lipinski definition) is 6. The lowest BCUT2D eigenvalue weighted by Crippen LogP contribution is -2.44. The van der Waals surface area contributed by atoms with Crippen LogP contribution in [0.4, 0.5) is 4.79 Å². The molecule has 0 aliphatic carbocycles. The number of ether oxygens (including phenoxy) is 2. The van der Waals surface area contributed by atoms with E-state index in [4.69, 9.17) is 14.6 Å². The van der Waals surface area contributed by atoms with Crippen LogP contribution in [0.3, 0.4) is 0 Å². The lowest BCUT2D eigenvalue weighted by molar-refractivity contribution is -0.157. The minimum Gasteiger partial charge on any atom is -0.478 e. The Morgan fingerprint density at radius 2 is 1.50 bits per heavy atom. The van der Waals surface area contributed by atoms with Gasteiger partial charge in [-0.3, -0.25) is 9.59 Å². The number of aromatic carboxylic acids is 1. The Morgan fingerprint density at radius 1 is 1.00 bits per heavy atom. The van der Waals surface area contributed by atoms with Crippen LogP contribution in [0.2, 0.25) is 0 Å². The summed E-state index contributed by atoms with van der Waals surface area (Å²) in [5.41, 5.74) is 0.897. The maximum atomic E-state index is 12.8. The van der Waals surface area contributed by atoms with Gasteiger partial charge in [-0.1, -0.05) is 12.1 Å². The van der Waals surface area contributed by atoms with Gasteiger partial charge in [-0.2, -0.15) is 0 Å². The molecule has 2 fully saturated rings. The molecular weight excluding hydrogens is 368 g/mol. The van der Waals surface area contributed by atoms with Crippen LogP contribution in [0.1, 0.15) is 28.8 Å². The third kappa shape index (κ3) is 3.39. The molecule has 2 amide bonds. The summed E-state index contributed by atoms with van der Waals surface area (Å²) in [5.74, 6) is -3.55. The number of carbonyl (C=O) groups excluding carboxylic acids is 3. The van der Waals surface area contributed by atoms with Gasteiger partial charge in [0.1, 0.15) is 0 Å². The standard InChI is InChI=1S/C19H22N2O7/c1-27-17(24)14-12-7-8-13(15(14)18(25)28-2)21(12)19(26)20-9-10-3-5-11(6-4-10)16(22)23/h3-6,12-15H,7-9H2,1-2H3,(H,20,26)(H,22,23). The summed E-state index contributed by atoms with van der Waals surface area (Å²) in [6.07, 6.45) is 1.22. The summed E-state index contributed by atoms with van der Waals surface area (Å²) >= 11 is 0. The molecule has 2 heterocycles. The van der Waals surface area contributed by atoms with Gasteiger partial charge in [0.15, 0.2) is 0 Å². The van der Waals surface area contributed by atoms with Gasteiger partial charge in [-0.05, 0) is 30.5 Å². The van der Waals surface area contributed by atoms with E-state index >= 15 is 0 Å². The summed E-state index contributed by atoms with van der Waals surface area (Å²) in [6.45, 7) is 0.195. The van der Waals surface area contributed by atoms with Gasteiger partial charge < -0.3 is 24.8 Å². The second-order valence-electron chi connectivity index (χ2n) is 6.88. The fraction of sp³-hybridized carbons (Fsp3) is 0.474. The van der Waals surface area contributed by atoms with Crippen molar-refractivity contribution in [1.82, 2.24) is 10.2 Å². The maximum absolute atomic E-state index is 12.8. The molecular formula is C19H22N2O7. The predicted octanol–water partition coefficient (Wildman–Crippen LogP) is 1.02. The van der Waals surface area contributed by atoms with Crippen molar-refractivity contribution in [3.8, 4) is 0 Å². The fourth-order valence-corrected chi connectivity index (χ4v) is 4.26. The molecule has 0 aromatic heterocycles. The van der Waals surface area contributed by atoms with E-state index in [9.17, 15) is 19.2 Å². The molecule has 150 valence electrons. The molecule has 1 aromatic rings. The molecule has 2 aliphatic heterocycles. The second-order valence-corrected chi connectivity index (χ2v) is 6.88. The molecule has 3 rings (SSSR count). The molecule has 4 atom stereocenters.